The summed E-state index contributed by atoms with van der Waals surface area (Å²) in [5.41, 5.74) is 6.16. The minimum Gasteiger partial charge on any atom is -0.492 e. The highest BCUT2D eigenvalue weighted by atomic mass is 16.5. The third kappa shape index (κ3) is 6.17. The predicted molar refractivity (Wildman–Crippen MR) is 89.2 cm³/mol. The summed E-state index contributed by atoms with van der Waals surface area (Å²) in [5.74, 6) is 0.920. The highest BCUT2D eigenvalue weighted by Crippen LogP contribution is 2.12. The third-order valence-electron chi connectivity index (χ3n) is 3.83. The zero-order valence-electron chi connectivity index (χ0n) is 13.6. The number of nitrogens with one attached hydrogen (secondary N) is 1. The normalized spacial score (nSPS) is 12.4. The average Bonchev–Trinajstić information content (AvgIpc) is 2.50. The molecule has 1 aromatic rings. The van der Waals surface area contributed by atoms with Crippen molar-refractivity contribution in [3.63, 3.8) is 0 Å². The molecule has 4 nitrogen and oxygen atoms in total. The second-order valence-corrected chi connectivity index (χ2v) is 5.43. The molecular formula is C17H29N3O. The summed E-state index contributed by atoms with van der Waals surface area (Å²) in [6.07, 6.45) is 3.62. The molecule has 21 heavy (non-hydrogen) atoms. The van der Waals surface area contributed by atoms with E-state index in [1.165, 1.54) is 12.8 Å². The van der Waals surface area contributed by atoms with Gasteiger partial charge < -0.3 is 10.5 Å². The highest BCUT2D eigenvalue weighted by Gasteiger charge is 2.11. The molecule has 118 valence electrons. The molecular weight excluding hydrogens is 262 g/mol. The molecule has 1 rings (SSSR count). The Kier molecular flexibility index (Phi) is 7.83. The first-order valence-electron chi connectivity index (χ1n) is 7.89. The van der Waals surface area contributed by atoms with Crippen molar-refractivity contribution >= 4 is 5.84 Å². The molecule has 0 aromatic heterocycles. The highest BCUT2D eigenvalue weighted by molar-refractivity contribution is 5.94. The fraction of sp³-hybridized carbons (Fsp3) is 0.588. The minimum atomic E-state index is 0.0871. The maximum Gasteiger partial charge on any atom is 0.122 e. The van der Waals surface area contributed by atoms with Crippen LogP contribution in [-0.2, 0) is 0 Å². The van der Waals surface area contributed by atoms with Crippen molar-refractivity contribution < 1.29 is 4.74 Å². The van der Waals surface area contributed by atoms with Gasteiger partial charge in [-0.1, -0.05) is 20.3 Å². The standard InChI is InChI=1S/C17H29N3O/c1-4-6-11-20(14(3)5-2)12-13-21-16-9-7-15(8-10-16)17(18)19/h7-10,14H,4-6,11-13H2,1-3H3,(H3,18,19). The van der Waals surface area contributed by atoms with Crippen LogP contribution in [0.2, 0.25) is 0 Å². The van der Waals surface area contributed by atoms with E-state index in [1.807, 2.05) is 24.3 Å². The van der Waals surface area contributed by atoms with Crippen LogP contribution in [0, 0.1) is 5.41 Å². The molecule has 0 saturated carbocycles. The Morgan fingerprint density at radius 2 is 1.90 bits per heavy atom. The molecule has 0 spiro atoms. The molecule has 1 unspecified atom stereocenters. The molecule has 3 N–H and O–H groups in total. The van der Waals surface area contributed by atoms with Crippen LogP contribution in [0.4, 0.5) is 0 Å². The van der Waals surface area contributed by atoms with Crippen LogP contribution in [0.3, 0.4) is 0 Å². The van der Waals surface area contributed by atoms with Gasteiger partial charge in [0.25, 0.3) is 0 Å². The lowest BCUT2D eigenvalue weighted by atomic mass is 10.2. The van der Waals surface area contributed by atoms with E-state index in [4.69, 9.17) is 15.9 Å². The summed E-state index contributed by atoms with van der Waals surface area (Å²) in [4.78, 5) is 2.49. The number of nitrogens with zero attached hydrogens (tertiary/aromatic N) is 1. The largest absolute Gasteiger partial charge is 0.492 e. The number of unbranched alkanes of at least 4 members (excludes halogenated alkanes) is 1. The molecule has 4 heteroatoms. The van der Waals surface area contributed by atoms with Crippen LogP contribution in [0.15, 0.2) is 24.3 Å². The van der Waals surface area contributed by atoms with Crippen LogP contribution in [0.5, 0.6) is 5.75 Å². The zero-order chi connectivity index (χ0) is 15.7. The second-order valence-electron chi connectivity index (χ2n) is 5.43. The van der Waals surface area contributed by atoms with Crippen LogP contribution in [-0.4, -0.2) is 36.5 Å². The van der Waals surface area contributed by atoms with Crippen LogP contribution < -0.4 is 10.5 Å². The van der Waals surface area contributed by atoms with E-state index in [1.54, 1.807) is 0 Å². The maximum atomic E-state index is 7.36. The van der Waals surface area contributed by atoms with Gasteiger partial charge in [0.2, 0.25) is 0 Å². The third-order valence-corrected chi connectivity index (χ3v) is 3.83. The number of nitrogen functional groups attached to an aromatic ring is 1. The maximum absolute atomic E-state index is 7.36. The summed E-state index contributed by atoms with van der Waals surface area (Å²) >= 11 is 0. The Morgan fingerprint density at radius 3 is 2.43 bits per heavy atom. The number of amidine groups is 1. The summed E-state index contributed by atoms with van der Waals surface area (Å²) < 4.78 is 5.79. The van der Waals surface area contributed by atoms with Gasteiger partial charge in [-0.15, -0.1) is 0 Å². The van der Waals surface area contributed by atoms with E-state index >= 15 is 0 Å². The molecule has 0 radical (unpaired) electrons. The van der Waals surface area contributed by atoms with E-state index in [9.17, 15) is 0 Å². The monoisotopic (exact) mass is 291 g/mol. The summed E-state index contributed by atoms with van der Waals surface area (Å²) in [5, 5.41) is 7.36. The molecule has 0 amide bonds. The lowest BCUT2D eigenvalue weighted by Crippen LogP contribution is -2.36. The SMILES string of the molecule is CCCCN(CCOc1ccc(C(=N)N)cc1)C(C)CC. The van der Waals surface area contributed by atoms with Crippen molar-refractivity contribution in [2.45, 2.75) is 46.1 Å². The smallest absolute Gasteiger partial charge is 0.122 e. The van der Waals surface area contributed by atoms with Crippen molar-refractivity contribution in [3.8, 4) is 5.75 Å². The molecule has 0 saturated heterocycles. The van der Waals surface area contributed by atoms with Crippen molar-refractivity contribution in [1.29, 1.82) is 5.41 Å². The van der Waals surface area contributed by atoms with Gasteiger partial charge in [-0.3, -0.25) is 10.3 Å². The van der Waals surface area contributed by atoms with Gasteiger partial charge in [0.1, 0.15) is 18.2 Å². The zero-order valence-corrected chi connectivity index (χ0v) is 13.6. The van der Waals surface area contributed by atoms with Crippen molar-refractivity contribution in [1.82, 2.24) is 4.90 Å². The topological polar surface area (TPSA) is 62.3 Å². The fourth-order valence-electron chi connectivity index (χ4n) is 2.18. The van der Waals surface area contributed by atoms with Gasteiger partial charge in [0.15, 0.2) is 0 Å². The predicted octanol–water partition coefficient (Wildman–Crippen LogP) is 3.25. The first kappa shape index (κ1) is 17.5. The number of nitrogens with two attached hydrogens (primary N) is 1. The molecule has 0 aliphatic rings. The number of rotatable bonds is 10. The van der Waals surface area contributed by atoms with E-state index in [2.05, 4.69) is 25.7 Å². The van der Waals surface area contributed by atoms with E-state index in [0.717, 1.165) is 30.8 Å². The van der Waals surface area contributed by atoms with E-state index in [-0.39, 0.29) is 5.84 Å². The summed E-state index contributed by atoms with van der Waals surface area (Å²) in [7, 11) is 0. The number of hydrogen-bond donors (Lipinski definition) is 2. The second kappa shape index (κ2) is 9.40. The number of benzene rings is 1. The lowest BCUT2D eigenvalue weighted by molar-refractivity contribution is 0.162. The molecule has 0 bridgehead atoms. The Balaban J connectivity index is 2.43. The van der Waals surface area contributed by atoms with Crippen LogP contribution >= 0.6 is 0 Å². The number of hydrogen-bond acceptors (Lipinski definition) is 3. The van der Waals surface area contributed by atoms with Crippen LogP contribution in [0.25, 0.3) is 0 Å². The Hall–Kier alpha value is -1.55. The van der Waals surface area contributed by atoms with Gasteiger partial charge in [0, 0.05) is 18.2 Å². The summed E-state index contributed by atoms with van der Waals surface area (Å²) in [6, 6.07) is 7.98. The molecule has 0 fully saturated rings. The van der Waals surface area contributed by atoms with Crippen molar-refractivity contribution in [2.75, 3.05) is 19.7 Å². The molecule has 1 aromatic carbocycles. The molecule has 0 heterocycles. The Labute approximate surface area is 128 Å². The lowest BCUT2D eigenvalue weighted by Gasteiger charge is -2.28. The van der Waals surface area contributed by atoms with Gasteiger partial charge in [-0.05, 0) is 50.6 Å². The average molecular weight is 291 g/mol. The Morgan fingerprint density at radius 1 is 1.24 bits per heavy atom. The van der Waals surface area contributed by atoms with Crippen LogP contribution in [0.1, 0.15) is 45.6 Å². The molecule has 0 aliphatic heterocycles. The number of ether oxygens (including phenoxy) is 1. The van der Waals surface area contributed by atoms with Gasteiger partial charge in [0.05, 0.1) is 0 Å². The molecule has 0 aliphatic carbocycles. The minimum absolute atomic E-state index is 0.0871. The van der Waals surface area contributed by atoms with E-state index in [0.29, 0.717) is 12.6 Å². The fourth-order valence-corrected chi connectivity index (χ4v) is 2.18. The first-order chi connectivity index (χ1) is 10.1. The quantitative estimate of drug-likeness (QED) is 0.514. The van der Waals surface area contributed by atoms with Crippen molar-refractivity contribution in [2.24, 2.45) is 5.73 Å². The summed E-state index contributed by atoms with van der Waals surface area (Å²) in [6.45, 7) is 9.50. The first-order valence-corrected chi connectivity index (χ1v) is 7.89. The van der Waals surface area contributed by atoms with E-state index < -0.39 is 0 Å². The Bertz CT molecular complexity index is 417. The van der Waals surface area contributed by atoms with Crippen molar-refractivity contribution in [3.05, 3.63) is 29.8 Å². The van der Waals surface area contributed by atoms with Gasteiger partial charge in [-0.2, -0.15) is 0 Å². The van der Waals surface area contributed by atoms with Gasteiger partial charge >= 0.3 is 0 Å². The molecule has 1 atom stereocenters. The van der Waals surface area contributed by atoms with Gasteiger partial charge in [-0.25, -0.2) is 0 Å².